The second-order valence-electron chi connectivity index (χ2n) is 12.9. The van der Waals surface area contributed by atoms with E-state index in [1.165, 1.54) is 0 Å². The average Bonchev–Trinajstić information content (AvgIpc) is 3.58. The molecule has 2 aromatic carbocycles. The second kappa shape index (κ2) is 15.6. The normalized spacial score (nSPS) is 12.2. The molecule has 0 fully saturated rings. The first-order chi connectivity index (χ1) is 21.5. The minimum absolute atomic E-state index is 0.0918. The Bertz CT molecular complexity index is 1430. The SMILES string of the molecule is CC(C)N(CCc1coc2cccc(OC(=O)CCCC(=O)Oc3cccc4occ(CCN(C(C)C)C(C)C)c34)c12)C(C)C. The van der Waals surface area contributed by atoms with Crippen LogP contribution in [0.1, 0.15) is 85.8 Å². The van der Waals surface area contributed by atoms with Crippen LogP contribution in [-0.4, -0.2) is 59.0 Å². The molecule has 0 spiro atoms. The number of carbonyl (C=O) groups is 2. The van der Waals surface area contributed by atoms with Crippen molar-refractivity contribution in [3.8, 4) is 11.5 Å². The third-order valence-corrected chi connectivity index (χ3v) is 8.42. The maximum Gasteiger partial charge on any atom is 0.311 e. The van der Waals surface area contributed by atoms with Gasteiger partial charge in [0.1, 0.15) is 22.7 Å². The molecular weight excluding hydrogens is 568 g/mol. The maximum absolute atomic E-state index is 12.9. The molecule has 0 atom stereocenters. The Morgan fingerprint density at radius 1 is 0.622 bits per heavy atom. The molecule has 0 aliphatic rings. The summed E-state index contributed by atoms with van der Waals surface area (Å²) in [5.74, 6) is 0.175. The molecule has 0 saturated carbocycles. The van der Waals surface area contributed by atoms with Gasteiger partial charge in [0.05, 0.1) is 23.3 Å². The Kier molecular flexibility index (Phi) is 11.9. The molecule has 45 heavy (non-hydrogen) atoms. The van der Waals surface area contributed by atoms with Crippen molar-refractivity contribution in [2.45, 2.75) is 112 Å². The van der Waals surface area contributed by atoms with Crippen molar-refractivity contribution in [3.63, 3.8) is 0 Å². The van der Waals surface area contributed by atoms with Crippen LogP contribution in [0.5, 0.6) is 11.5 Å². The van der Waals surface area contributed by atoms with Crippen LogP contribution >= 0.6 is 0 Å². The Hall–Kier alpha value is -3.62. The first-order valence-electron chi connectivity index (χ1n) is 16.4. The number of ether oxygens (including phenoxy) is 2. The number of fused-ring (bicyclic) bond motifs is 2. The fourth-order valence-corrected chi connectivity index (χ4v) is 6.23. The summed E-state index contributed by atoms with van der Waals surface area (Å²) >= 11 is 0. The van der Waals surface area contributed by atoms with Gasteiger partial charge in [0, 0.05) is 61.2 Å². The van der Waals surface area contributed by atoms with Gasteiger partial charge in [0.15, 0.2) is 0 Å². The highest BCUT2D eigenvalue weighted by Crippen LogP contribution is 2.33. The number of benzene rings is 2. The monoisotopic (exact) mass is 618 g/mol. The van der Waals surface area contributed by atoms with E-state index in [1.807, 2.05) is 24.3 Å². The molecule has 8 heteroatoms. The number of furan rings is 2. The summed E-state index contributed by atoms with van der Waals surface area (Å²) in [6.45, 7) is 19.3. The summed E-state index contributed by atoms with van der Waals surface area (Å²) in [7, 11) is 0. The lowest BCUT2D eigenvalue weighted by molar-refractivity contribution is -0.135. The van der Waals surface area contributed by atoms with Gasteiger partial charge in [-0.15, -0.1) is 0 Å². The molecule has 0 radical (unpaired) electrons. The van der Waals surface area contributed by atoms with Gasteiger partial charge >= 0.3 is 11.9 Å². The second-order valence-corrected chi connectivity index (χ2v) is 12.9. The van der Waals surface area contributed by atoms with Gasteiger partial charge in [-0.1, -0.05) is 12.1 Å². The van der Waals surface area contributed by atoms with Gasteiger partial charge in [-0.3, -0.25) is 19.4 Å². The third kappa shape index (κ3) is 8.76. The van der Waals surface area contributed by atoms with E-state index in [-0.39, 0.29) is 12.8 Å². The molecule has 4 aromatic rings. The summed E-state index contributed by atoms with van der Waals surface area (Å²) in [4.78, 5) is 30.6. The van der Waals surface area contributed by atoms with Crippen molar-refractivity contribution >= 4 is 33.9 Å². The van der Waals surface area contributed by atoms with Gasteiger partial charge in [0.25, 0.3) is 0 Å². The zero-order valence-electron chi connectivity index (χ0n) is 28.2. The minimum atomic E-state index is -0.396. The number of hydrogen-bond acceptors (Lipinski definition) is 8. The molecule has 2 heterocycles. The standard InChI is InChI=1S/C37H50N2O6/c1-24(2)38(25(3)4)20-18-28-22-42-30-12-9-14-32(36(28)30)44-34(40)16-11-17-35(41)45-33-15-10-13-31-37(33)29(23-43-31)19-21-39(26(5)6)27(7)8/h9-10,12-15,22-27H,11,16-21H2,1-8H3. The molecule has 0 N–H and O–H groups in total. The lowest BCUT2D eigenvalue weighted by atomic mass is 10.1. The molecule has 244 valence electrons. The lowest BCUT2D eigenvalue weighted by Gasteiger charge is -2.30. The molecule has 8 nitrogen and oxygen atoms in total. The number of carbonyl (C=O) groups excluding carboxylic acids is 2. The summed E-state index contributed by atoms with van der Waals surface area (Å²) < 4.78 is 23.2. The smallest absolute Gasteiger partial charge is 0.311 e. The Morgan fingerprint density at radius 3 is 1.36 bits per heavy atom. The summed E-state index contributed by atoms with van der Waals surface area (Å²) in [6.07, 6.45) is 5.57. The summed E-state index contributed by atoms with van der Waals surface area (Å²) in [5, 5.41) is 1.65. The van der Waals surface area contributed by atoms with Crippen molar-refractivity contribution < 1.29 is 27.9 Å². The van der Waals surface area contributed by atoms with E-state index in [2.05, 4.69) is 65.2 Å². The van der Waals surface area contributed by atoms with Crippen molar-refractivity contribution in [1.82, 2.24) is 9.80 Å². The zero-order valence-corrected chi connectivity index (χ0v) is 28.2. The van der Waals surface area contributed by atoms with Crippen LogP contribution < -0.4 is 9.47 Å². The molecule has 4 rings (SSSR count). The van der Waals surface area contributed by atoms with Gasteiger partial charge < -0.3 is 18.3 Å². The number of esters is 2. The molecule has 2 aromatic heterocycles. The molecule has 0 unspecified atom stereocenters. The quantitative estimate of drug-likeness (QED) is 0.0918. The Balaban J connectivity index is 1.34. The predicted molar refractivity (Wildman–Crippen MR) is 179 cm³/mol. The van der Waals surface area contributed by atoms with Crippen LogP contribution in [0, 0.1) is 0 Å². The summed E-state index contributed by atoms with van der Waals surface area (Å²) in [5.41, 5.74) is 3.40. The van der Waals surface area contributed by atoms with Gasteiger partial charge in [0.2, 0.25) is 0 Å². The van der Waals surface area contributed by atoms with Crippen LogP contribution in [0.15, 0.2) is 57.8 Å². The topological polar surface area (TPSA) is 85.4 Å². The van der Waals surface area contributed by atoms with Crippen LogP contribution in [0.2, 0.25) is 0 Å². The average molecular weight is 619 g/mol. The van der Waals surface area contributed by atoms with Crippen LogP contribution in [0.3, 0.4) is 0 Å². The fraction of sp³-hybridized carbons (Fsp3) is 0.514. The molecule has 0 aliphatic heterocycles. The van der Waals surface area contributed by atoms with E-state index in [1.54, 1.807) is 24.7 Å². The van der Waals surface area contributed by atoms with Crippen molar-refractivity contribution in [2.24, 2.45) is 0 Å². The van der Waals surface area contributed by atoms with E-state index in [9.17, 15) is 9.59 Å². The minimum Gasteiger partial charge on any atom is -0.464 e. The largest absolute Gasteiger partial charge is 0.464 e. The van der Waals surface area contributed by atoms with E-state index in [4.69, 9.17) is 18.3 Å². The summed E-state index contributed by atoms with van der Waals surface area (Å²) in [6, 6.07) is 12.7. The first kappa shape index (κ1) is 34.3. The first-order valence-corrected chi connectivity index (χ1v) is 16.4. The van der Waals surface area contributed by atoms with E-state index in [0.29, 0.717) is 53.3 Å². The highest BCUT2D eigenvalue weighted by atomic mass is 16.5. The molecule has 0 aliphatic carbocycles. The molecule has 0 amide bonds. The lowest BCUT2D eigenvalue weighted by Crippen LogP contribution is -2.38. The van der Waals surface area contributed by atoms with Crippen molar-refractivity contribution in [1.29, 1.82) is 0 Å². The van der Waals surface area contributed by atoms with E-state index >= 15 is 0 Å². The van der Waals surface area contributed by atoms with Crippen LogP contribution in [0.25, 0.3) is 21.9 Å². The van der Waals surface area contributed by atoms with Gasteiger partial charge in [-0.05, 0) is 98.9 Å². The molecule has 0 bridgehead atoms. The van der Waals surface area contributed by atoms with E-state index in [0.717, 1.165) is 47.8 Å². The Labute approximate surface area is 267 Å². The number of hydrogen-bond donors (Lipinski definition) is 0. The van der Waals surface area contributed by atoms with Gasteiger partial charge in [-0.25, -0.2) is 0 Å². The van der Waals surface area contributed by atoms with Crippen LogP contribution in [-0.2, 0) is 22.4 Å². The van der Waals surface area contributed by atoms with Crippen LogP contribution in [0.4, 0.5) is 0 Å². The maximum atomic E-state index is 12.9. The third-order valence-electron chi connectivity index (χ3n) is 8.42. The van der Waals surface area contributed by atoms with Gasteiger partial charge in [-0.2, -0.15) is 0 Å². The number of nitrogens with zero attached hydrogens (tertiary/aromatic N) is 2. The molecule has 0 saturated heterocycles. The predicted octanol–water partition coefficient (Wildman–Crippen LogP) is 8.18. The van der Waals surface area contributed by atoms with E-state index < -0.39 is 11.9 Å². The highest BCUT2D eigenvalue weighted by Gasteiger charge is 2.20. The van der Waals surface area contributed by atoms with Crippen molar-refractivity contribution in [3.05, 3.63) is 60.1 Å². The Morgan fingerprint density at radius 2 is 1.00 bits per heavy atom. The zero-order chi connectivity index (χ0) is 32.7. The molecular formula is C37H50N2O6. The van der Waals surface area contributed by atoms with Crippen molar-refractivity contribution in [2.75, 3.05) is 13.1 Å². The fourth-order valence-electron chi connectivity index (χ4n) is 6.23. The number of rotatable bonds is 16. The highest BCUT2D eigenvalue weighted by molar-refractivity contribution is 5.91.